The van der Waals surface area contributed by atoms with Gasteiger partial charge in [-0.1, -0.05) is 18.2 Å². The van der Waals surface area contributed by atoms with Crippen molar-refractivity contribution in [3.8, 4) is 0 Å². The number of hydrogen-bond acceptors (Lipinski definition) is 3. The summed E-state index contributed by atoms with van der Waals surface area (Å²) in [5.41, 5.74) is 0.419. The van der Waals surface area contributed by atoms with E-state index in [0.717, 1.165) is 16.5 Å². The van der Waals surface area contributed by atoms with Gasteiger partial charge >= 0.3 is 11.9 Å². The van der Waals surface area contributed by atoms with Crippen molar-refractivity contribution in [3.63, 3.8) is 0 Å². The predicted octanol–water partition coefficient (Wildman–Crippen LogP) is 3.05. The first kappa shape index (κ1) is 14.5. The molecule has 2 aromatic rings. The SMILES string of the molecule is O=C(O)C1(C(=O)O)CCC(c2ccnc3ccccc23)CC1. The van der Waals surface area contributed by atoms with Gasteiger partial charge < -0.3 is 10.2 Å². The molecule has 0 bridgehead atoms. The maximum atomic E-state index is 11.4. The van der Waals surface area contributed by atoms with Gasteiger partial charge in [0.25, 0.3) is 0 Å². The van der Waals surface area contributed by atoms with E-state index in [0.29, 0.717) is 12.8 Å². The number of carbonyl (C=O) groups is 2. The number of hydrogen-bond donors (Lipinski definition) is 2. The summed E-state index contributed by atoms with van der Waals surface area (Å²) in [7, 11) is 0. The van der Waals surface area contributed by atoms with Crippen LogP contribution in [0.25, 0.3) is 10.9 Å². The first-order chi connectivity index (χ1) is 10.5. The molecule has 0 spiro atoms. The molecule has 0 radical (unpaired) electrons. The van der Waals surface area contributed by atoms with Crippen molar-refractivity contribution in [2.75, 3.05) is 0 Å². The molecule has 2 N–H and O–H groups in total. The van der Waals surface area contributed by atoms with Gasteiger partial charge in [-0.25, -0.2) is 0 Å². The van der Waals surface area contributed by atoms with Gasteiger partial charge in [-0.15, -0.1) is 0 Å². The second-order valence-electron chi connectivity index (χ2n) is 5.88. The van der Waals surface area contributed by atoms with Crippen LogP contribution in [-0.4, -0.2) is 27.1 Å². The Morgan fingerprint density at radius 2 is 1.68 bits per heavy atom. The summed E-state index contributed by atoms with van der Waals surface area (Å²) in [6.45, 7) is 0. The third-order valence-electron chi connectivity index (χ3n) is 4.78. The van der Waals surface area contributed by atoms with Crippen LogP contribution in [0, 0.1) is 5.41 Å². The van der Waals surface area contributed by atoms with E-state index in [2.05, 4.69) is 4.98 Å². The Bertz CT molecular complexity index is 711. The number of aliphatic carboxylic acids is 2. The van der Waals surface area contributed by atoms with Crippen LogP contribution in [0.2, 0.25) is 0 Å². The fourth-order valence-corrected chi connectivity index (χ4v) is 3.41. The minimum Gasteiger partial charge on any atom is -0.480 e. The third-order valence-corrected chi connectivity index (χ3v) is 4.78. The average molecular weight is 299 g/mol. The van der Waals surface area contributed by atoms with Crippen LogP contribution >= 0.6 is 0 Å². The molecular weight excluding hydrogens is 282 g/mol. The van der Waals surface area contributed by atoms with E-state index >= 15 is 0 Å². The standard InChI is InChI=1S/C17H17NO4/c19-15(20)17(16(21)22)8-5-11(6-9-17)12-7-10-18-14-4-2-1-3-13(12)14/h1-4,7,10-11H,5-6,8-9H2,(H,19,20)(H,21,22). The van der Waals surface area contributed by atoms with Crippen LogP contribution in [0.5, 0.6) is 0 Å². The Labute approximate surface area is 127 Å². The lowest BCUT2D eigenvalue weighted by Gasteiger charge is -2.34. The molecule has 0 saturated heterocycles. The van der Waals surface area contributed by atoms with E-state index in [-0.39, 0.29) is 18.8 Å². The van der Waals surface area contributed by atoms with Crippen LogP contribution in [0.4, 0.5) is 0 Å². The predicted molar refractivity (Wildman–Crippen MR) is 80.7 cm³/mol. The van der Waals surface area contributed by atoms with Crippen LogP contribution in [0.1, 0.15) is 37.2 Å². The molecule has 5 nitrogen and oxygen atoms in total. The zero-order valence-electron chi connectivity index (χ0n) is 12.0. The molecule has 3 rings (SSSR count). The third kappa shape index (κ3) is 2.22. The molecule has 0 unspecified atom stereocenters. The number of benzene rings is 1. The van der Waals surface area contributed by atoms with Crippen molar-refractivity contribution in [2.24, 2.45) is 5.41 Å². The molecule has 1 saturated carbocycles. The Hall–Kier alpha value is -2.43. The fraction of sp³-hybridized carbons (Fsp3) is 0.353. The minimum absolute atomic E-state index is 0.166. The van der Waals surface area contributed by atoms with Crippen LogP contribution in [0.15, 0.2) is 36.5 Å². The van der Waals surface area contributed by atoms with Crippen molar-refractivity contribution in [1.29, 1.82) is 0 Å². The summed E-state index contributed by atoms with van der Waals surface area (Å²) in [5, 5.41) is 19.7. The van der Waals surface area contributed by atoms with Gasteiger partial charge in [0, 0.05) is 11.6 Å². The molecule has 0 aliphatic heterocycles. The van der Waals surface area contributed by atoms with E-state index in [1.165, 1.54) is 0 Å². The number of fused-ring (bicyclic) bond motifs is 1. The van der Waals surface area contributed by atoms with E-state index < -0.39 is 17.4 Å². The van der Waals surface area contributed by atoms with Gasteiger partial charge in [0.2, 0.25) is 0 Å². The molecule has 114 valence electrons. The molecule has 5 heteroatoms. The van der Waals surface area contributed by atoms with Gasteiger partial charge in [0.05, 0.1) is 5.52 Å². The Morgan fingerprint density at radius 1 is 1.05 bits per heavy atom. The molecule has 1 heterocycles. The highest BCUT2D eigenvalue weighted by Gasteiger charge is 2.49. The summed E-state index contributed by atoms with van der Waals surface area (Å²) in [6, 6.07) is 9.80. The van der Waals surface area contributed by atoms with Crippen LogP contribution in [-0.2, 0) is 9.59 Å². The second kappa shape index (κ2) is 5.40. The van der Waals surface area contributed by atoms with Crippen LogP contribution in [0.3, 0.4) is 0 Å². The van der Waals surface area contributed by atoms with Gasteiger partial charge in [-0.05, 0) is 49.3 Å². The van der Waals surface area contributed by atoms with Gasteiger partial charge in [0.15, 0.2) is 5.41 Å². The van der Waals surface area contributed by atoms with Crippen molar-refractivity contribution in [2.45, 2.75) is 31.6 Å². The smallest absolute Gasteiger partial charge is 0.321 e. The lowest BCUT2D eigenvalue weighted by atomic mass is 9.68. The average Bonchev–Trinajstić information content (AvgIpc) is 2.54. The molecule has 1 aliphatic rings. The molecule has 1 aliphatic carbocycles. The molecule has 1 aromatic heterocycles. The quantitative estimate of drug-likeness (QED) is 0.850. The lowest BCUT2D eigenvalue weighted by Crippen LogP contribution is -2.42. The molecule has 0 amide bonds. The highest BCUT2D eigenvalue weighted by Crippen LogP contribution is 2.44. The summed E-state index contributed by atoms with van der Waals surface area (Å²) in [5.74, 6) is -2.27. The molecule has 1 fully saturated rings. The van der Waals surface area contributed by atoms with Gasteiger partial charge in [-0.3, -0.25) is 14.6 Å². The minimum atomic E-state index is -1.63. The monoisotopic (exact) mass is 299 g/mol. The maximum absolute atomic E-state index is 11.4. The number of carboxylic acid groups (broad SMARTS) is 2. The molecular formula is C17H17NO4. The van der Waals surface area contributed by atoms with Crippen molar-refractivity contribution < 1.29 is 19.8 Å². The molecule has 0 atom stereocenters. The fourth-order valence-electron chi connectivity index (χ4n) is 3.41. The summed E-state index contributed by atoms with van der Waals surface area (Å²) in [6.07, 6.45) is 3.21. The highest BCUT2D eigenvalue weighted by atomic mass is 16.4. The van der Waals surface area contributed by atoms with Crippen molar-refractivity contribution >= 4 is 22.8 Å². The first-order valence-electron chi connectivity index (χ1n) is 7.35. The van der Waals surface area contributed by atoms with Crippen molar-refractivity contribution in [3.05, 3.63) is 42.1 Å². The largest absolute Gasteiger partial charge is 0.480 e. The summed E-state index contributed by atoms with van der Waals surface area (Å²) < 4.78 is 0. The second-order valence-corrected chi connectivity index (χ2v) is 5.88. The normalized spacial score (nSPS) is 18.2. The summed E-state index contributed by atoms with van der Waals surface area (Å²) >= 11 is 0. The molecule has 22 heavy (non-hydrogen) atoms. The Balaban J connectivity index is 1.90. The number of rotatable bonds is 3. The van der Waals surface area contributed by atoms with Gasteiger partial charge in [-0.2, -0.15) is 0 Å². The zero-order valence-corrected chi connectivity index (χ0v) is 12.0. The van der Waals surface area contributed by atoms with Crippen molar-refractivity contribution in [1.82, 2.24) is 4.98 Å². The first-order valence-corrected chi connectivity index (χ1v) is 7.35. The topological polar surface area (TPSA) is 87.5 Å². The van der Waals surface area contributed by atoms with Gasteiger partial charge in [0.1, 0.15) is 0 Å². The molecule has 1 aromatic carbocycles. The number of pyridine rings is 1. The number of nitrogens with zero attached hydrogens (tertiary/aromatic N) is 1. The highest BCUT2D eigenvalue weighted by molar-refractivity contribution is 5.98. The number of para-hydroxylation sites is 1. The number of aromatic nitrogens is 1. The summed E-state index contributed by atoms with van der Waals surface area (Å²) in [4.78, 5) is 27.1. The van der Waals surface area contributed by atoms with E-state index in [1.807, 2.05) is 30.3 Å². The maximum Gasteiger partial charge on any atom is 0.321 e. The van der Waals surface area contributed by atoms with Crippen LogP contribution < -0.4 is 0 Å². The lowest BCUT2D eigenvalue weighted by molar-refractivity contribution is -0.167. The van der Waals surface area contributed by atoms with E-state index in [4.69, 9.17) is 0 Å². The Kier molecular flexibility index (Phi) is 3.56. The van der Waals surface area contributed by atoms with E-state index in [9.17, 15) is 19.8 Å². The number of carboxylic acids is 2. The Morgan fingerprint density at radius 3 is 2.32 bits per heavy atom. The zero-order chi connectivity index (χ0) is 15.7. The van der Waals surface area contributed by atoms with E-state index in [1.54, 1.807) is 6.20 Å².